The largest absolute Gasteiger partial charge is 0.285 e. The fourth-order valence-corrected chi connectivity index (χ4v) is 2.45. The van der Waals surface area contributed by atoms with Crippen LogP contribution in [0.15, 0.2) is 54.6 Å². The highest BCUT2D eigenvalue weighted by atomic mass is 16.2. The summed E-state index contributed by atoms with van der Waals surface area (Å²) in [4.78, 5) is 24.4. The second-order valence-corrected chi connectivity index (χ2v) is 4.57. The van der Waals surface area contributed by atoms with Crippen LogP contribution in [0.5, 0.6) is 0 Å². The summed E-state index contributed by atoms with van der Waals surface area (Å²) in [5, 5.41) is 1.70. The van der Waals surface area contributed by atoms with Crippen LogP contribution in [-0.2, 0) is 9.59 Å². The Hall–Kier alpha value is -2.48. The van der Waals surface area contributed by atoms with Crippen LogP contribution in [0.25, 0.3) is 11.1 Å². The van der Waals surface area contributed by atoms with Gasteiger partial charge in [-0.05, 0) is 22.9 Å². The molecule has 0 N–H and O–H groups in total. The first-order valence-electron chi connectivity index (χ1n) is 6.15. The van der Waals surface area contributed by atoms with Crippen LogP contribution >= 0.6 is 0 Å². The Labute approximate surface area is 110 Å². The van der Waals surface area contributed by atoms with Crippen molar-refractivity contribution in [2.75, 3.05) is 0 Å². The predicted octanol–water partition coefficient (Wildman–Crippen LogP) is 1.21. The molecule has 0 radical (unpaired) electrons. The maximum Gasteiger partial charge on any atom is 0.234 e. The minimum Gasteiger partial charge on any atom is -0.285 e. The molecular weight excluding hydrogens is 236 g/mol. The molecule has 92 valence electrons. The normalized spacial score (nSPS) is 14.6. The Morgan fingerprint density at radius 3 is 1.95 bits per heavy atom. The summed E-state index contributed by atoms with van der Waals surface area (Å²) in [6.07, 6.45) is 0. The molecule has 2 nitrogen and oxygen atoms in total. The van der Waals surface area contributed by atoms with Gasteiger partial charge in [0.05, 0.1) is 0 Å². The summed E-state index contributed by atoms with van der Waals surface area (Å²) in [7, 11) is 0. The number of carbonyl (C=O) groups excluding carboxylic acids is 2. The SMILES string of the molecule is CC1=c2ccccc2=C(c2ccccc2)C(=O)C1=O. The number of Topliss-reactive ketones (excluding diaryl/α,β-unsaturated/α-hetero) is 2. The molecule has 0 heterocycles. The summed E-state index contributed by atoms with van der Waals surface area (Å²) in [5.74, 6) is -0.819. The van der Waals surface area contributed by atoms with E-state index in [-0.39, 0.29) is 0 Å². The van der Waals surface area contributed by atoms with Gasteiger partial charge in [-0.3, -0.25) is 9.59 Å². The van der Waals surface area contributed by atoms with E-state index in [0.717, 1.165) is 16.0 Å². The number of hydrogen-bond donors (Lipinski definition) is 0. The predicted molar refractivity (Wildman–Crippen MR) is 73.7 cm³/mol. The van der Waals surface area contributed by atoms with Gasteiger partial charge in [0, 0.05) is 11.1 Å². The molecule has 0 unspecified atom stereocenters. The Kier molecular flexibility index (Phi) is 2.64. The summed E-state index contributed by atoms with van der Waals surface area (Å²) in [6.45, 7) is 1.71. The molecule has 2 heteroatoms. The van der Waals surface area contributed by atoms with Crippen LogP contribution < -0.4 is 10.4 Å². The lowest BCUT2D eigenvalue weighted by Crippen LogP contribution is -2.40. The lowest BCUT2D eigenvalue weighted by molar-refractivity contribution is -0.130. The van der Waals surface area contributed by atoms with Gasteiger partial charge in [-0.2, -0.15) is 0 Å². The van der Waals surface area contributed by atoms with E-state index < -0.39 is 11.6 Å². The van der Waals surface area contributed by atoms with Crippen LogP contribution in [0, 0.1) is 0 Å². The Morgan fingerprint density at radius 2 is 1.26 bits per heavy atom. The number of carbonyl (C=O) groups is 2. The van der Waals surface area contributed by atoms with Crippen molar-refractivity contribution in [3.8, 4) is 0 Å². The van der Waals surface area contributed by atoms with Gasteiger partial charge in [-0.15, -0.1) is 0 Å². The smallest absolute Gasteiger partial charge is 0.234 e. The molecule has 19 heavy (non-hydrogen) atoms. The zero-order valence-corrected chi connectivity index (χ0v) is 10.5. The van der Waals surface area contributed by atoms with Crippen LogP contribution in [0.1, 0.15) is 12.5 Å². The molecule has 1 aliphatic carbocycles. The van der Waals surface area contributed by atoms with Crippen molar-refractivity contribution in [3.63, 3.8) is 0 Å². The van der Waals surface area contributed by atoms with E-state index in [1.54, 1.807) is 6.92 Å². The topological polar surface area (TPSA) is 34.1 Å². The highest BCUT2D eigenvalue weighted by molar-refractivity contribution is 6.64. The third-order valence-electron chi connectivity index (χ3n) is 3.44. The average molecular weight is 248 g/mol. The van der Waals surface area contributed by atoms with Gasteiger partial charge in [0.2, 0.25) is 11.6 Å². The number of fused-ring (bicyclic) bond motifs is 1. The molecular formula is C17H12O2. The van der Waals surface area contributed by atoms with E-state index in [4.69, 9.17) is 0 Å². The van der Waals surface area contributed by atoms with E-state index in [2.05, 4.69) is 0 Å². The molecule has 0 aliphatic heterocycles. The molecule has 0 saturated heterocycles. The van der Waals surface area contributed by atoms with E-state index in [1.165, 1.54) is 0 Å². The van der Waals surface area contributed by atoms with Gasteiger partial charge in [0.25, 0.3) is 0 Å². The zero-order valence-electron chi connectivity index (χ0n) is 10.5. The Bertz CT molecular complexity index is 799. The van der Waals surface area contributed by atoms with Gasteiger partial charge >= 0.3 is 0 Å². The molecule has 0 spiro atoms. The minimum atomic E-state index is -0.414. The first-order valence-corrected chi connectivity index (χ1v) is 6.15. The highest BCUT2D eigenvalue weighted by Crippen LogP contribution is 2.16. The van der Waals surface area contributed by atoms with Crippen molar-refractivity contribution in [1.82, 2.24) is 0 Å². The standard InChI is InChI=1S/C17H12O2/c1-11-13-9-5-6-10-14(13)15(17(19)16(11)18)12-7-3-2-4-8-12/h2-10H,1H3. The van der Waals surface area contributed by atoms with Crippen molar-refractivity contribution >= 4 is 22.7 Å². The third kappa shape index (κ3) is 1.73. The van der Waals surface area contributed by atoms with Crippen molar-refractivity contribution in [3.05, 3.63) is 70.6 Å². The molecule has 3 rings (SSSR count). The van der Waals surface area contributed by atoms with E-state index in [0.29, 0.717) is 11.1 Å². The second-order valence-electron chi connectivity index (χ2n) is 4.57. The Morgan fingerprint density at radius 1 is 0.684 bits per heavy atom. The molecule has 0 aromatic heterocycles. The lowest BCUT2D eigenvalue weighted by atomic mass is 9.88. The first kappa shape index (κ1) is 11.6. The molecule has 2 aromatic carbocycles. The first-order chi connectivity index (χ1) is 9.20. The fraction of sp³-hybridized carbons (Fsp3) is 0.0588. The lowest BCUT2D eigenvalue weighted by Gasteiger charge is -2.12. The van der Waals surface area contributed by atoms with Crippen LogP contribution in [0.2, 0.25) is 0 Å². The van der Waals surface area contributed by atoms with Gasteiger partial charge in [0.15, 0.2) is 0 Å². The summed E-state index contributed by atoms with van der Waals surface area (Å²) in [6, 6.07) is 16.9. The van der Waals surface area contributed by atoms with Crippen molar-refractivity contribution < 1.29 is 9.59 Å². The van der Waals surface area contributed by atoms with Gasteiger partial charge < -0.3 is 0 Å². The quantitative estimate of drug-likeness (QED) is 0.711. The summed E-state index contributed by atoms with van der Waals surface area (Å²) < 4.78 is 0. The van der Waals surface area contributed by atoms with Crippen LogP contribution in [0.4, 0.5) is 0 Å². The van der Waals surface area contributed by atoms with Gasteiger partial charge in [-0.1, -0.05) is 54.6 Å². The highest BCUT2D eigenvalue weighted by Gasteiger charge is 2.26. The van der Waals surface area contributed by atoms with Crippen LogP contribution in [0.3, 0.4) is 0 Å². The number of rotatable bonds is 1. The van der Waals surface area contributed by atoms with Crippen molar-refractivity contribution in [1.29, 1.82) is 0 Å². The van der Waals surface area contributed by atoms with Crippen LogP contribution in [-0.4, -0.2) is 11.6 Å². The maximum absolute atomic E-state index is 12.3. The fourth-order valence-electron chi connectivity index (χ4n) is 2.45. The third-order valence-corrected chi connectivity index (χ3v) is 3.44. The average Bonchev–Trinajstić information content (AvgIpc) is 2.46. The summed E-state index contributed by atoms with van der Waals surface area (Å²) >= 11 is 0. The molecule has 2 aromatic rings. The molecule has 0 amide bonds. The van der Waals surface area contributed by atoms with E-state index >= 15 is 0 Å². The zero-order chi connectivity index (χ0) is 13.4. The van der Waals surface area contributed by atoms with Gasteiger partial charge in [0.1, 0.15) is 0 Å². The number of ketones is 2. The van der Waals surface area contributed by atoms with Crippen molar-refractivity contribution in [2.24, 2.45) is 0 Å². The minimum absolute atomic E-state index is 0.405. The number of hydrogen-bond acceptors (Lipinski definition) is 2. The van der Waals surface area contributed by atoms with Crippen molar-refractivity contribution in [2.45, 2.75) is 6.92 Å². The molecule has 0 saturated carbocycles. The monoisotopic (exact) mass is 248 g/mol. The molecule has 0 atom stereocenters. The molecule has 0 bridgehead atoms. The molecule has 1 aliphatic rings. The van der Waals surface area contributed by atoms with E-state index in [1.807, 2.05) is 54.6 Å². The summed E-state index contributed by atoms with van der Waals surface area (Å²) in [5.41, 5.74) is 1.83. The second kappa shape index (κ2) is 4.32. The van der Waals surface area contributed by atoms with Gasteiger partial charge in [-0.25, -0.2) is 0 Å². The number of benzene rings is 2. The van der Waals surface area contributed by atoms with E-state index in [9.17, 15) is 9.59 Å². The maximum atomic E-state index is 12.3. The Balaban J connectivity index is 2.51. The molecule has 0 fully saturated rings.